The predicted octanol–water partition coefficient (Wildman–Crippen LogP) is 4.89. The van der Waals surface area contributed by atoms with Crippen LogP contribution in [0.15, 0.2) is 42.5 Å². The molecule has 2 bridgehead atoms. The lowest BCUT2D eigenvalue weighted by Gasteiger charge is -2.44. The van der Waals surface area contributed by atoms with Crippen LogP contribution in [0.3, 0.4) is 0 Å². The van der Waals surface area contributed by atoms with Gasteiger partial charge in [-0.2, -0.15) is 0 Å². The second kappa shape index (κ2) is 9.59. The molecule has 7 rings (SSSR count). The number of carbonyl (C=O) groups excluding carboxylic acids is 1. The highest BCUT2D eigenvalue weighted by Gasteiger charge is 2.37. The Morgan fingerprint density at radius 1 is 0.912 bits per heavy atom. The van der Waals surface area contributed by atoms with Gasteiger partial charge in [-0.25, -0.2) is 4.79 Å². The third-order valence-corrected chi connectivity index (χ3v) is 8.14. The van der Waals surface area contributed by atoms with Gasteiger partial charge < -0.3 is 19.5 Å². The molecule has 5 aliphatic heterocycles. The van der Waals surface area contributed by atoms with E-state index in [1.165, 1.54) is 11.1 Å². The van der Waals surface area contributed by atoms with Gasteiger partial charge in [0.2, 0.25) is 0 Å². The Hall–Kier alpha value is -2.57. The summed E-state index contributed by atoms with van der Waals surface area (Å²) in [7, 11) is 0. The van der Waals surface area contributed by atoms with Crippen LogP contribution < -0.4 is 10.1 Å². The first-order valence-electron chi connectivity index (χ1n) is 12.9. The molecular formula is C28H34N2O4. The zero-order valence-electron chi connectivity index (χ0n) is 19.7. The van der Waals surface area contributed by atoms with Crippen molar-refractivity contribution in [2.75, 3.05) is 39.5 Å². The number of rotatable bonds is 4. The Morgan fingerprint density at radius 3 is 2.41 bits per heavy atom. The molecule has 34 heavy (non-hydrogen) atoms. The molecule has 1 amide bonds. The van der Waals surface area contributed by atoms with Crippen LogP contribution in [0.25, 0.3) is 11.1 Å². The molecular weight excluding hydrogens is 428 g/mol. The third kappa shape index (κ3) is 4.53. The summed E-state index contributed by atoms with van der Waals surface area (Å²) in [6.45, 7) is 5.46. The Bertz CT molecular complexity index is 1010. The van der Waals surface area contributed by atoms with Gasteiger partial charge in [0.25, 0.3) is 0 Å². The van der Waals surface area contributed by atoms with Gasteiger partial charge in [-0.1, -0.05) is 36.4 Å². The lowest BCUT2D eigenvalue weighted by Crippen LogP contribution is -2.52. The van der Waals surface area contributed by atoms with Crippen LogP contribution in [0.4, 0.5) is 4.79 Å². The number of hydrogen-bond donors (Lipinski definition) is 1. The predicted molar refractivity (Wildman–Crippen MR) is 130 cm³/mol. The summed E-state index contributed by atoms with van der Waals surface area (Å²) in [5.74, 6) is 1.96. The van der Waals surface area contributed by atoms with E-state index in [0.29, 0.717) is 18.4 Å². The number of hydrogen-bond acceptors (Lipinski definition) is 5. The second-order valence-electron chi connectivity index (χ2n) is 10.2. The van der Waals surface area contributed by atoms with Crippen molar-refractivity contribution in [2.45, 2.75) is 50.2 Å². The summed E-state index contributed by atoms with van der Waals surface area (Å²) >= 11 is 0. The topological polar surface area (TPSA) is 60.0 Å². The van der Waals surface area contributed by atoms with E-state index < -0.39 is 0 Å². The highest BCUT2D eigenvalue weighted by atomic mass is 16.6. The van der Waals surface area contributed by atoms with E-state index in [2.05, 4.69) is 52.7 Å². The molecule has 6 heteroatoms. The molecule has 0 aliphatic carbocycles. The van der Waals surface area contributed by atoms with Crippen molar-refractivity contribution in [1.29, 1.82) is 0 Å². The van der Waals surface area contributed by atoms with Crippen LogP contribution in [0, 0.1) is 5.92 Å². The first-order valence-corrected chi connectivity index (χ1v) is 12.9. The fraction of sp³-hybridized carbons (Fsp3) is 0.536. The molecule has 5 heterocycles. The van der Waals surface area contributed by atoms with E-state index in [1.807, 2.05) is 0 Å². The summed E-state index contributed by atoms with van der Waals surface area (Å²) in [5, 5.41) is 3.11. The van der Waals surface area contributed by atoms with Crippen molar-refractivity contribution in [3.8, 4) is 16.9 Å². The summed E-state index contributed by atoms with van der Waals surface area (Å²) < 4.78 is 17.4. The molecule has 2 atom stereocenters. The standard InChI is InChI=1S/C28H34N2O4/c31-28(34-27-18-30-12-7-22(27)8-13-30)29-25-11-16-33-26-17-23(5-6-24(25)26)20-3-1-19(2-4-20)21-9-14-32-15-10-21/h1-6,17,21-22,25,27H,7-16,18H2,(H,29,31)/t25?,27-/m0/s1. The maximum atomic E-state index is 12.7. The van der Waals surface area contributed by atoms with Crippen molar-refractivity contribution in [2.24, 2.45) is 5.92 Å². The summed E-state index contributed by atoms with van der Waals surface area (Å²) in [4.78, 5) is 15.1. The number of nitrogens with zero attached hydrogens (tertiary/aromatic N) is 1. The van der Waals surface area contributed by atoms with Gasteiger partial charge in [0.1, 0.15) is 11.9 Å². The molecule has 1 N–H and O–H groups in total. The van der Waals surface area contributed by atoms with E-state index in [0.717, 1.165) is 81.8 Å². The van der Waals surface area contributed by atoms with Crippen LogP contribution >= 0.6 is 0 Å². The minimum atomic E-state index is -0.302. The fourth-order valence-corrected chi connectivity index (χ4v) is 6.06. The smallest absolute Gasteiger partial charge is 0.407 e. The first-order chi connectivity index (χ1) is 16.7. The van der Waals surface area contributed by atoms with Crippen LogP contribution in [0.5, 0.6) is 5.75 Å². The van der Waals surface area contributed by atoms with Gasteiger partial charge in [-0.05, 0) is 73.4 Å². The number of piperidine rings is 3. The molecule has 180 valence electrons. The Labute approximate surface area is 201 Å². The number of alkyl carbamates (subject to hydrolysis) is 1. The molecule has 0 aromatic heterocycles. The molecule has 2 aromatic rings. The van der Waals surface area contributed by atoms with Gasteiger partial charge in [0.15, 0.2) is 0 Å². The number of amides is 1. The molecule has 5 aliphatic rings. The van der Waals surface area contributed by atoms with Gasteiger partial charge in [-0.15, -0.1) is 0 Å². The number of carbonyl (C=O) groups is 1. The lowest BCUT2D eigenvalue weighted by molar-refractivity contribution is -0.0342. The van der Waals surface area contributed by atoms with E-state index in [4.69, 9.17) is 14.2 Å². The molecule has 6 nitrogen and oxygen atoms in total. The van der Waals surface area contributed by atoms with Gasteiger partial charge in [0.05, 0.1) is 12.6 Å². The summed E-state index contributed by atoms with van der Waals surface area (Å²) in [6, 6.07) is 15.2. The molecule has 0 radical (unpaired) electrons. The average molecular weight is 463 g/mol. The van der Waals surface area contributed by atoms with Gasteiger partial charge >= 0.3 is 6.09 Å². The largest absolute Gasteiger partial charge is 0.493 e. The minimum absolute atomic E-state index is 0.0216. The van der Waals surface area contributed by atoms with Crippen molar-refractivity contribution in [1.82, 2.24) is 10.2 Å². The van der Waals surface area contributed by atoms with E-state index in [1.54, 1.807) is 0 Å². The maximum Gasteiger partial charge on any atom is 0.407 e. The Kier molecular flexibility index (Phi) is 6.18. The molecule has 1 unspecified atom stereocenters. The molecule has 4 fully saturated rings. The zero-order chi connectivity index (χ0) is 22.9. The monoisotopic (exact) mass is 462 g/mol. The van der Waals surface area contributed by atoms with Gasteiger partial charge in [-0.3, -0.25) is 4.90 Å². The summed E-state index contributed by atoms with van der Waals surface area (Å²) in [6.07, 6.45) is 4.94. The Balaban J connectivity index is 1.12. The normalized spacial score (nSPS) is 28.6. The maximum absolute atomic E-state index is 12.7. The number of nitrogens with one attached hydrogen (secondary N) is 1. The number of ether oxygens (including phenoxy) is 3. The van der Waals surface area contributed by atoms with E-state index in [9.17, 15) is 4.79 Å². The van der Waals surface area contributed by atoms with E-state index in [-0.39, 0.29) is 18.2 Å². The van der Waals surface area contributed by atoms with Crippen molar-refractivity contribution in [3.63, 3.8) is 0 Å². The molecule has 4 saturated heterocycles. The molecule has 0 saturated carbocycles. The highest BCUT2D eigenvalue weighted by molar-refractivity contribution is 5.70. The summed E-state index contributed by atoms with van der Waals surface area (Å²) in [5.41, 5.74) is 4.73. The third-order valence-electron chi connectivity index (χ3n) is 8.14. The zero-order valence-corrected chi connectivity index (χ0v) is 19.7. The quantitative estimate of drug-likeness (QED) is 0.701. The highest BCUT2D eigenvalue weighted by Crippen LogP contribution is 2.37. The average Bonchev–Trinajstić information content (AvgIpc) is 2.90. The lowest BCUT2D eigenvalue weighted by atomic mass is 9.86. The minimum Gasteiger partial charge on any atom is -0.493 e. The second-order valence-corrected chi connectivity index (χ2v) is 10.2. The SMILES string of the molecule is O=C(NC1CCOc2cc(-c3ccc(C4CCOCC4)cc3)ccc21)O[C@H]1CN2CCC1CC2. The number of benzene rings is 2. The number of fused-ring (bicyclic) bond motifs is 4. The molecule has 0 spiro atoms. The fourth-order valence-electron chi connectivity index (χ4n) is 6.06. The van der Waals surface area contributed by atoms with Crippen LogP contribution in [-0.4, -0.2) is 56.6 Å². The Morgan fingerprint density at radius 2 is 1.68 bits per heavy atom. The molecule has 2 aromatic carbocycles. The van der Waals surface area contributed by atoms with Crippen molar-refractivity contribution < 1.29 is 19.0 Å². The van der Waals surface area contributed by atoms with Crippen LogP contribution in [-0.2, 0) is 9.47 Å². The van der Waals surface area contributed by atoms with Crippen molar-refractivity contribution >= 4 is 6.09 Å². The van der Waals surface area contributed by atoms with Crippen LogP contribution in [0.2, 0.25) is 0 Å². The van der Waals surface area contributed by atoms with E-state index >= 15 is 0 Å². The van der Waals surface area contributed by atoms with Crippen LogP contribution in [0.1, 0.15) is 55.2 Å². The van der Waals surface area contributed by atoms with Gasteiger partial charge in [0, 0.05) is 31.7 Å². The first kappa shape index (κ1) is 21.9. The van der Waals surface area contributed by atoms with Crippen molar-refractivity contribution in [3.05, 3.63) is 53.6 Å².